The van der Waals surface area contributed by atoms with Crippen molar-refractivity contribution in [2.75, 3.05) is 5.32 Å². The van der Waals surface area contributed by atoms with Crippen molar-refractivity contribution in [1.82, 2.24) is 10.2 Å². The summed E-state index contributed by atoms with van der Waals surface area (Å²) in [7, 11) is 0. The number of aromatic amines is 1. The number of rotatable bonds is 4. The van der Waals surface area contributed by atoms with E-state index in [0.717, 1.165) is 0 Å². The Morgan fingerprint density at radius 2 is 2.42 bits per heavy atom. The third kappa shape index (κ3) is 2.41. The SMILES string of the molecule is CCc1occc1C(=O)Nc1[nH]ncc1/C(N)=N/O. The Hall–Kier alpha value is -2.77. The smallest absolute Gasteiger partial charge is 0.260 e. The first-order valence-corrected chi connectivity index (χ1v) is 5.56. The van der Waals surface area contributed by atoms with Crippen molar-refractivity contribution in [3.8, 4) is 0 Å². The predicted octanol–water partition coefficient (Wildman–Crippen LogP) is 0.912. The van der Waals surface area contributed by atoms with Gasteiger partial charge in [0.05, 0.1) is 23.6 Å². The highest BCUT2D eigenvalue weighted by Gasteiger charge is 2.17. The molecule has 19 heavy (non-hydrogen) atoms. The van der Waals surface area contributed by atoms with Crippen LogP contribution >= 0.6 is 0 Å². The van der Waals surface area contributed by atoms with Crippen molar-refractivity contribution in [2.24, 2.45) is 10.9 Å². The second-order valence-electron chi connectivity index (χ2n) is 3.71. The number of aromatic nitrogens is 2. The number of oxime groups is 1. The molecule has 0 aliphatic carbocycles. The van der Waals surface area contributed by atoms with Crippen molar-refractivity contribution in [1.29, 1.82) is 0 Å². The third-order valence-electron chi connectivity index (χ3n) is 2.57. The molecule has 5 N–H and O–H groups in total. The van der Waals surface area contributed by atoms with Crippen molar-refractivity contribution in [2.45, 2.75) is 13.3 Å². The summed E-state index contributed by atoms with van der Waals surface area (Å²) in [5.74, 6) is 0.333. The molecular formula is C11H13N5O3. The van der Waals surface area contributed by atoms with Crippen LogP contribution < -0.4 is 11.1 Å². The molecule has 0 aliphatic heterocycles. The molecular weight excluding hydrogens is 250 g/mol. The molecule has 0 aliphatic rings. The molecule has 2 aromatic rings. The van der Waals surface area contributed by atoms with E-state index in [9.17, 15) is 4.79 Å². The number of carbonyl (C=O) groups excluding carboxylic acids is 1. The van der Waals surface area contributed by atoms with Gasteiger partial charge in [-0.15, -0.1) is 0 Å². The lowest BCUT2D eigenvalue weighted by molar-refractivity contribution is 0.102. The average molecular weight is 263 g/mol. The van der Waals surface area contributed by atoms with Gasteiger partial charge in [-0.3, -0.25) is 9.89 Å². The fraction of sp³-hybridized carbons (Fsp3) is 0.182. The van der Waals surface area contributed by atoms with Gasteiger partial charge in [-0.1, -0.05) is 12.1 Å². The molecule has 0 saturated carbocycles. The van der Waals surface area contributed by atoms with Gasteiger partial charge in [-0.2, -0.15) is 5.10 Å². The molecule has 0 saturated heterocycles. The zero-order valence-electron chi connectivity index (χ0n) is 10.2. The second-order valence-corrected chi connectivity index (χ2v) is 3.71. The lowest BCUT2D eigenvalue weighted by atomic mass is 10.2. The van der Waals surface area contributed by atoms with Gasteiger partial charge in [0, 0.05) is 6.42 Å². The van der Waals surface area contributed by atoms with Crippen molar-refractivity contribution >= 4 is 17.6 Å². The molecule has 1 amide bonds. The summed E-state index contributed by atoms with van der Waals surface area (Å²) < 4.78 is 5.18. The molecule has 8 nitrogen and oxygen atoms in total. The number of hydrogen-bond acceptors (Lipinski definition) is 5. The number of H-pyrrole nitrogens is 1. The molecule has 0 atom stereocenters. The maximum absolute atomic E-state index is 12.1. The number of amidine groups is 1. The van der Waals surface area contributed by atoms with E-state index in [1.54, 1.807) is 6.07 Å². The van der Waals surface area contributed by atoms with Gasteiger partial charge in [0.2, 0.25) is 0 Å². The molecule has 2 rings (SSSR count). The van der Waals surface area contributed by atoms with Gasteiger partial charge in [0.25, 0.3) is 5.91 Å². The summed E-state index contributed by atoms with van der Waals surface area (Å²) in [6.07, 6.45) is 3.40. The quantitative estimate of drug-likeness (QED) is 0.282. The standard InChI is InChI=1S/C11H13N5O3/c1-2-8-6(3-4-19-8)11(17)14-10-7(5-13-15-10)9(12)16-18/h3-5,18H,2H2,1H3,(H2,12,16)(H2,13,14,15,17). The van der Waals surface area contributed by atoms with Crippen LogP contribution in [0.4, 0.5) is 5.82 Å². The third-order valence-corrected chi connectivity index (χ3v) is 2.57. The number of furan rings is 1. The highest BCUT2D eigenvalue weighted by molar-refractivity contribution is 6.09. The lowest BCUT2D eigenvalue weighted by Gasteiger charge is -2.04. The molecule has 0 aromatic carbocycles. The number of nitrogens with two attached hydrogens (primary N) is 1. The van der Waals surface area contributed by atoms with E-state index in [1.807, 2.05) is 6.92 Å². The van der Waals surface area contributed by atoms with E-state index in [4.69, 9.17) is 15.4 Å². The molecule has 0 spiro atoms. The van der Waals surface area contributed by atoms with Gasteiger partial charge >= 0.3 is 0 Å². The Balaban J connectivity index is 2.23. The van der Waals surface area contributed by atoms with Crippen LogP contribution in [0.1, 0.15) is 28.6 Å². The molecule has 2 aromatic heterocycles. The van der Waals surface area contributed by atoms with E-state index < -0.39 is 0 Å². The van der Waals surface area contributed by atoms with Crippen LogP contribution in [-0.4, -0.2) is 27.1 Å². The van der Waals surface area contributed by atoms with Gasteiger partial charge in [0.1, 0.15) is 11.6 Å². The molecule has 0 radical (unpaired) electrons. The Kier molecular flexibility index (Phi) is 3.51. The number of amides is 1. The summed E-state index contributed by atoms with van der Waals surface area (Å²) in [4.78, 5) is 12.1. The highest BCUT2D eigenvalue weighted by Crippen LogP contribution is 2.15. The number of hydrogen-bond donors (Lipinski definition) is 4. The molecule has 0 fully saturated rings. The largest absolute Gasteiger partial charge is 0.469 e. The zero-order chi connectivity index (χ0) is 13.8. The van der Waals surface area contributed by atoms with Crippen LogP contribution in [0.15, 0.2) is 28.1 Å². The maximum Gasteiger partial charge on any atom is 0.260 e. The number of nitrogens with one attached hydrogen (secondary N) is 2. The predicted molar refractivity (Wildman–Crippen MR) is 67.1 cm³/mol. The van der Waals surface area contributed by atoms with Crippen molar-refractivity contribution in [3.05, 3.63) is 35.4 Å². The van der Waals surface area contributed by atoms with E-state index in [-0.39, 0.29) is 17.6 Å². The first-order chi connectivity index (χ1) is 9.17. The topological polar surface area (TPSA) is 130 Å². The van der Waals surface area contributed by atoms with E-state index >= 15 is 0 Å². The number of nitrogens with zero attached hydrogens (tertiary/aromatic N) is 2. The number of carbonyl (C=O) groups is 1. The summed E-state index contributed by atoms with van der Waals surface area (Å²) in [5.41, 5.74) is 6.20. The Morgan fingerprint density at radius 1 is 1.63 bits per heavy atom. The molecule has 0 unspecified atom stereocenters. The first kappa shape index (κ1) is 12.7. The number of aryl methyl sites for hydroxylation is 1. The van der Waals surface area contributed by atoms with Gasteiger partial charge in [-0.25, -0.2) is 0 Å². The van der Waals surface area contributed by atoms with Crippen molar-refractivity contribution in [3.63, 3.8) is 0 Å². The first-order valence-electron chi connectivity index (χ1n) is 5.56. The fourth-order valence-electron chi connectivity index (χ4n) is 1.63. The maximum atomic E-state index is 12.1. The monoisotopic (exact) mass is 263 g/mol. The van der Waals surface area contributed by atoms with Crippen LogP contribution in [0.5, 0.6) is 0 Å². The minimum absolute atomic E-state index is 0.146. The van der Waals surface area contributed by atoms with Crippen LogP contribution in [0.3, 0.4) is 0 Å². The molecule has 8 heteroatoms. The molecule has 0 bridgehead atoms. The minimum Gasteiger partial charge on any atom is -0.469 e. The lowest BCUT2D eigenvalue weighted by Crippen LogP contribution is -2.18. The van der Waals surface area contributed by atoms with Crippen molar-refractivity contribution < 1.29 is 14.4 Å². The summed E-state index contributed by atoms with van der Waals surface area (Å²) >= 11 is 0. The Morgan fingerprint density at radius 3 is 3.11 bits per heavy atom. The number of anilines is 1. The summed E-state index contributed by atoms with van der Waals surface area (Å²) in [5, 5.41) is 20.4. The van der Waals surface area contributed by atoms with Crippen LogP contribution in [-0.2, 0) is 6.42 Å². The Bertz CT molecular complexity index is 613. The van der Waals surface area contributed by atoms with Crippen LogP contribution in [0.2, 0.25) is 0 Å². The van der Waals surface area contributed by atoms with Crippen LogP contribution in [0.25, 0.3) is 0 Å². The minimum atomic E-state index is -0.359. The summed E-state index contributed by atoms with van der Waals surface area (Å²) in [6, 6.07) is 1.58. The van der Waals surface area contributed by atoms with Gasteiger partial charge in [-0.05, 0) is 6.07 Å². The average Bonchev–Trinajstić information content (AvgIpc) is 3.05. The van der Waals surface area contributed by atoms with Crippen LogP contribution in [0, 0.1) is 0 Å². The van der Waals surface area contributed by atoms with E-state index in [0.29, 0.717) is 23.3 Å². The molecule has 100 valence electrons. The van der Waals surface area contributed by atoms with E-state index in [1.165, 1.54) is 12.5 Å². The Labute approximate surface area is 108 Å². The second kappa shape index (κ2) is 5.25. The zero-order valence-corrected chi connectivity index (χ0v) is 10.2. The highest BCUT2D eigenvalue weighted by atomic mass is 16.4. The van der Waals surface area contributed by atoms with E-state index in [2.05, 4.69) is 20.7 Å². The molecule has 2 heterocycles. The summed E-state index contributed by atoms with van der Waals surface area (Å²) in [6.45, 7) is 1.88. The van der Waals surface area contributed by atoms with Gasteiger partial charge in [0.15, 0.2) is 5.84 Å². The normalized spacial score (nSPS) is 11.5. The van der Waals surface area contributed by atoms with Gasteiger partial charge < -0.3 is 20.7 Å². The fourth-order valence-corrected chi connectivity index (χ4v) is 1.63.